The summed E-state index contributed by atoms with van der Waals surface area (Å²) in [7, 11) is 3.54. The SMILES string of the molecule is CNCCNCC(=O)c1cccc(-c2ccc(OC)cc2)c1. The molecule has 0 saturated carbocycles. The highest BCUT2D eigenvalue weighted by molar-refractivity contribution is 5.98. The lowest BCUT2D eigenvalue weighted by Gasteiger charge is -2.07. The Morgan fingerprint density at radius 2 is 1.82 bits per heavy atom. The molecule has 0 saturated heterocycles. The molecule has 0 fully saturated rings. The molecule has 0 unspecified atom stereocenters. The molecular weight excluding hydrogens is 276 g/mol. The van der Waals surface area contributed by atoms with E-state index < -0.39 is 0 Å². The van der Waals surface area contributed by atoms with Crippen LogP contribution in [-0.2, 0) is 0 Å². The molecule has 0 aliphatic rings. The molecule has 0 aromatic heterocycles. The summed E-state index contributed by atoms with van der Waals surface area (Å²) in [5.41, 5.74) is 2.83. The number of hydrogen-bond donors (Lipinski definition) is 2. The molecule has 0 amide bonds. The maximum absolute atomic E-state index is 12.2. The first-order valence-electron chi connectivity index (χ1n) is 7.37. The van der Waals surface area contributed by atoms with Crippen LogP contribution >= 0.6 is 0 Å². The Bertz CT molecular complexity index is 609. The molecule has 22 heavy (non-hydrogen) atoms. The molecule has 4 nitrogen and oxygen atoms in total. The van der Waals surface area contributed by atoms with E-state index >= 15 is 0 Å². The van der Waals surface area contributed by atoms with Crippen molar-refractivity contribution in [2.45, 2.75) is 0 Å². The topological polar surface area (TPSA) is 50.4 Å². The Hall–Kier alpha value is -2.17. The minimum absolute atomic E-state index is 0.103. The van der Waals surface area contributed by atoms with Crippen molar-refractivity contribution in [3.63, 3.8) is 0 Å². The number of carbonyl (C=O) groups excluding carboxylic acids is 1. The van der Waals surface area contributed by atoms with Crippen LogP contribution in [0.4, 0.5) is 0 Å². The monoisotopic (exact) mass is 298 g/mol. The standard InChI is InChI=1S/C18H22N2O2/c1-19-10-11-20-13-18(21)16-5-3-4-15(12-16)14-6-8-17(22-2)9-7-14/h3-9,12,19-20H,10-11,13H2,1-2H3. The third kappa shape index (κ3) is 4.41. The van der Waals surface area contributed by atoms with Gasteiger partial charge in [0.25, 0.3) is 0 Å². The zero-order valence-electron chi connectivity index (χ0n) is 13.1. The Kier molecular flexibility index (Phi) is 6.13. The highest BCUT2D eigenvalue weighted by Gasteiger charge is 2.07. The zero-order chi connectivity index (χ0) is 15.8. The van der Waals surface area contributed by atoms with E-state index in [1.165, 1.54) is 0 Å². The van der Waals surface area contributed by atoms with Gasteiger partial charge in [-0.05, 0) is 36.4 Å². The van der Waals surface area contributed by atoms with Gasteiger partial charge in [0.15, 0.2) is 5.78 Å². The molecule has 0 heterocycles. The van der Waals surface area contributed by atoms with Crippen molar-refractivity contribution in [1.29, 1.82) is 0 Å². The van der Waals surface area contributed by atoms with E-state index in [9.17, 15) is 4.79 Å². The van der Waals surface area contributed by atoms with Gasteiger partial charge in [0.2, 0.25) is 0 Å². The summed E-state index contributed by atoms with van der Waals surface area (Å²) in [5.74, 6) is 0.927. The van der Waals surface area contributed by atoms with Gasteiger partial charge in [0, 0.05) is 18.7 Å². The number of benzene rings is 2. The minimum atomic E-state index is 0.103. The predicted molar refractivity (Wildman–Crippen MR) is 89.6 cm³/mol. The summed E-state index contributed by atoms with van der Waals surface area (Å²) in [6.45, 7) is 1.98. The number of hydrogen-bond acceptors (Lipinski definition) is 4. The molecule has 116 valence electrons. The van der Waals surface area contributed by atoms with Crippen LogP contribution in [-0.4, -0.2) is 39.6 Å². The summed E-state index contributed by atoms with van der Waals surface area (Å²) in [6.07, 6.45) is 0. The summed E-state index contributed by atoms with van der Waals surface area (Å²) in [4.78, 5) is 12.2. The van der Waals surface area contributed by atoms with Crippen LogP contribution in [0.5, 0.6) is 5.75 Å². The fourth-order valence-electron chi connectivity index (χ4n) is 2.17. The summed E-state index contributed by atoms with van der Waals surface area (Å²) < 4.78 is 5.16. The number of likely N-dealkylation sites (N-methyl/N-ethyl adjacent to an activating group) is 1. The van der Waals surface area contributed by atoms with E-state index in [0.717, 1.165) is 35.5 Å². The molecule has 2 aromatic rings. The molecule has 2 rings (SSSR count). The highest BCUT2D eigenvalue weighted by Crippen LogP contribution is 2.23. The molecule has 0 spiro atoms. The summed E-state index contributed by atoms with van der Waals surface area (Å²) in [6, 6.07) is 15.5. The van der Waals surface area contributed by atoms with Gasteiger partial charge in [-0.3, -0.25) is 4.79 Å². The van der Waals surface area contributed by atoms with Crippen molar-refractivity contribution >= 4 is 5.78 Å². The minimum Gasteiger partial charge on any atom is -0.497 e. The van der Waals surface area contributed by atoms with Crippen molar-refractivity contribution in [2.75, 3.05) is 33.8 Å². The van der Waals surface area contributed by atoms with E-state index in [-0.39, 0.29) is 5.78 Å². The van der Waals surface area contributed by atoms with Crippen molar-refractivity contribution < 1.29 is 9.53 Å². The fourth-order valence-corrected chi connectivity index (χ4v) is 2.17. The molecule has 0 atom stereocenters. The molecule has 0 aliphatic carbocycles. The van der Waals surface area contributed by atoms with Crippen LogP contribution in [0.2, 0.25) is 0 Å². The Morgan fingerprint density at radius 1 is 1.05 bits per heavy atom. The van der Waals surface area contributed by atoms with Crippen molar-refractivity contribution in [2.24, 2.45) is 0 Å². The van der Waals surface area contributed by atoms with E-state index in [4.69, 9.17) is 4.74 Å². The fraction of sp³-hybridized carbons (Fsp3) is 0.278. The average molecular weight is 298 g/mol. The zero-order valence-corrected chi connectivity index (χ0v) is 13.1. The second-order valence-corrected chi connectivity index (χ2v) is 5.01. The normalized spacial score (nSPS) is 10.5. The van der Waals surface area contributed by atoms with Gasteiger partial charge in [-0.1, -0.05) is 30.3 Å². The van der Waals surface area contributed by atoms with E-state index in [1.54, 1.807) is 7.11 Å². The van der Waals surface area contributed by atoms with Crippen LogP contribution in [0.25, 0.3) is 11.1 Å². The number of Topliss-reactive ketones (excluding diaryl/α,β-unsaturated/α-hetero) is 1. The first kappa shape index (κ1) is 16.2. The average Bonchev–Trinajstić information content (AvgIpc) is 2.59. The third-order valence-electron chi connectivity index (χ3n) is 3.45. The number of ether oxygens (including phenoxy) is 1. The van der Waals surface area contributed by atoms with Gasteiger partial charge >= 0.3 is 0 Å². The first-order chi connectivity index (χ1) is 10.7. The van der Waals surface area contributed by atoms with E-state index in [1.807, 2.05) is 55.6 Å². The molecule has 0 radical (unpaired) electrons. The summed E-state index contributed by atoms with van der Waals surface area (Å²) >= 11 is 0. The quantitative estimate of drug-likeness (QED) is 0.580. The first-order valence-corrected chi connectivity index (χ1v) is 7.37. The third-order valence-corrected chi connectivity index (χ3v) is 3.45. The largest absolute Gasteiger partial charge is 0.497 e. The second-order valence-electron chi connectivity index (χ2n) is 5.01. The van der Waals surface area contributed by atoms with Crippen LogP contribution in [0.15, 0.2) is 48.5 Å². The van der Waals surface area contributed by atoms with Crippen LogP contribution in [0, 0.1) is 0 Å². The van der Waals surface area contributed by atoms with Crippen LogP contribution in [0.1, 0.15) is 10.4 Å². The number of methoxy groups -OCH3 is 1. The molecule has 2 aromatic carbocycles. The van der Waals surface area contributed by atoms with Crippen LogP contribution < -0.4 is 15.4 Å². The lowest BCUT2D eigenvalue weighted by Crippen LogP contribution is -2.29. The van der Waals surface area contributed by atoms with Gasteiger partial charge in [-0.25, -0.2) is 0 Å². The van der Waals surface area contributed by atoms with Gasteiger partial charge in [0.05, 0.1) is 13.7 Å². The molecule has 4 heteroatoms. The molecule has 2 N–H and O–H groups in total. The lowest BCUT2D eigenvalue weighted by molar-refractivity contribution is 0.0991. The van der Waals surface area contributed by atoms with Gasteiger partial charge < -0.3 is 15.4 Å². The van der Waals surface area contributed by atoms with E-state index in [0.29, 0.717) is 6.54 Å². The second kappa shape index (κ2) is 8.32. The smallest absolute Gasteiger partial charge is 0.176 e. The molecule has 0 bridgehead atoms. The number of nitrogens with one attached hydrogen (secondary N) is 2. The lowest BCUT2D eigenvalue weighted by atomic mass is 10.0. The maximum atomic E-state index is 12.2. The number of carbonyl (C=O) groups is 1. The number of rotatable bonds is 8. The van der Waals surface area contributed by atoms with Gasteiger partial charge in [-0.15, -0.1) is 0 Å². The van der Waals surface area contributed by atoms with Crippen LogP contribution in [0.3, 0.4) is 0 Å². The Labute approximate surface area is 131 Å². The Morgan fingerprint density at radius 3 is 2.50 bits per heavy atom. The molecular formula is C18H22N2O2. The number of ketones is 1. The van der Waals surface area contributed by atoms with Crippen molar-refractivity contribution in [1.82, 2.24) is 10.6 Å². The molecule has 0 aliphatic heterocycles. The Balaban J connectivity index is 2.06. The van der Waals surface area contributed by atoms with Gasteiger partial charge in [0.1, 0.15) is 5.75 Å². The van der Waals surface area contributed by atoms with Crippen molar-refractivity contribution in [3.8, 4) is 16.9 Å². The highest BCUT2D eigenvalue weighted by atomic mass is 16.5. The van der Waals surface area contributed by atoms with E-state index in [2.05, 4.69) is 10.6 Å². The predicted octanol–water partition coefficient (Wildman–Crippen LogP) is 2.35. The van der Waals surface area contributed by atoms with Crippen molar-refractivity contribution in [3.05, 3.63) is 54.1 Å². The summed E-state index contributed by atoms with van der Waals surface area (Å²) in [5, 5.41) is 6.17. The maximum Gasteiger partial charge on any atom is 0.176 e. The van der Waals surface area contributed by atoms with Gasteiger partial charge in [-0.2, -0.15) is 0 Å².